The third kappa shape index (κ3) is 3.55. The fraction of sp³-hybridized carbons (Fsp3) is 1.00. The van der Waals surface area contributed by atoms with E-state index in [0.717, 1.165) is 0 Å². The summed E-state index contributed by atoms with van der Waals surface area (Å²) in [6.45, 7) is 0. The number of rotatable bonds is 2. The molecule has 0 heterocycles. The quantitative estimate of drug-likeness (QED) is 0.511. The van der Waals surface area contributed by atoms with Crippen LogP contribution in [-0.2, 0) is 9.84 Å². The van der Waals surface area contributed by atoms with Gasteiger partial charge in [-0.05, 0) is 0 Å². The molecule has 0 aromatic heterocycles. The van der Waals surface area contributed by atoms with Gasteiger partial charge in [0.15, 0.2) is 0 Å². The van der Waals surface area contributed by atoms with E-state index in [0.29, 0.717) is 0 Å². The van der Waals surface area contributed by atoms with Crippen LogP contribution in [0.5, 0.6) is 0 Å². The van der Waals surface area contributed by atoms with E-state index in [1.165, 1.54) is 0 Å². The third-order valence-corrected chi connectivity index (χ3v) is 10.4. The van der Waals surface area contributed by atoms with Crippen molar-refractivity contribution in [3.8, 4) is 0 Å². The van der Waals surface area contributed by atoms with Gasteiger partial charge in [0.2, 0.25) is 17.4 Å². The van der Waals surface area contributed by atoms with Crippen molar-refractivity contribution < 1.29 is 8.42 Å². The second kappa shape index (κ2) is 5.57. The van der Waals surface area contributed by atoms with Gasteiger partial charge >= 0.3 is 0 Å². The monoisotopic (exact) mass is 462 g/mol. The summed E-state index contributed by atoms with van der Waals surface area (Å²) in [5, 5.41) is 0. The molecule has 0 N–H and O–H groups in total. The molecule has 17 heavy (non-hydrogen) atoms. The summed E-state index contributed by atoms with van der Waals surface area (Å²) in [7, 11) is -4.98. The van der Waals surface area contributed by atoms with Gasteiger partial charge in [-0.3, -0.25) is 0 Å². The Hall–Kier alpha value is 2.85. The number of halogens is 10. The van der Waals surface area contributed by atoms with E-state index in [1.54, 1.807) is 0 Å². The summed E-state index contributed by atoms with van der Waals surface area (Å²) in [4.78, 5) is 0. The highest BCUT2D eigenvalue weighted by molar-refractivity contribution is 8.00. The van der Waals surface area contributed by atoms with Crippen LogP contribution >= 0.6 is 116 Å². The molecule has 2 nitrogen and oxygen atoms in total. The molecule has 0 saturated carbocycles. The number of hydrogen-bond donors (Lipinski definition) is 0. The van der Waals surface area contributed by atoms with Crippen LogP contribution in [-0.4, -0.2) is 23.3 Å². The topological polar surface area (TPSA) is 34.1 Å². The lowest BCUT2D eigenvalue weighted by Crippen LogP contribution is -2.52. The van der Waals surface area contributed by atoms with Crippen molar-refractivity contribution in [3.05, 3.63) is 0 Å². The first-order valence-corrected chi connectivity index (χ1v) is 8.39. The maximum Gasteiger partial charge on any atom is 0.267 e. The lowest BCUT2D eigenvalue weighted by molar-refractivity contribution is 0.580. The maximum atomic E-state index is 11.9. The molecule has 0 fully saturated rings. The highest BCUT2D eigenvalue weighted by atomic mass is 35.6. The lowest BCUT2D eigenvalue weighted by atomic mass is 10.9. The Labute approximate surface area is 147 Å². The second-order valence-corrected chi connectivity index (χ2v) is 12.9. The smallest absolute Gasteiger partial charge is 0.222 e. The molecular formula is C4Cl10O2S. The number of sulfone groups is 1. The Morgan fingerprint density at radius 1 is 0.529 bits per heavy atom. The Morgan fingerprint density at radius 3 is 0.824 bits per heavy atom. The SMILES string of the molecule is O=S(=O)(C(Cl)(Cl)C(Cl)(Cl)Cl)C(Cl)(Cl)C(Cl)(Cl)Cl. The van der Waals surface area contributed by atoms with Crippen LogP contribution in [0.3, 0.4) is 0 Å². The van der Waals surface area contributed by atoms with E-state index >= 15 is 0 Å². The molecule has 13 heteroatoms. The van der Waals surface area contributed by atoms with E-state index < -0.39 is 24.8 Å². The molecule has 0 aromatic carbocycles. The van der Waals surface area contributed by atoms with Crippen LogP contribution in [0.2, 0.25) is 0 Å². The normalized spacial score (nSPS) is 16.1. The molecular weight excluding hydrogens is 467 g/mol. The van der Waals surface area contributed by atoms with Crippen molar-refractivity contribution in [3.63, 3.8) is 0 Å². The Bertz CT molecular complexity index is 354. The van der Waals surface area contributed by atoms with Crippen LogP contribution in [0, 0.1) is 0 Å². The first-order valence-electron chi connectivity index (χ1n) is 3.13. The van der Waals surface area contributed by atoms with Crippen LogP contribution in [0.4, 0.5) is 0 Å². The molecule has 104 valence electrons. The van der Waals surface area contributed by atoms with Crippen LogP contribution in [0.1, 0.15) is 0 Å². The van der Waals surface area contributed by atoms with Gasteiger partial charge in [0.05, 0.1) is 0 Å². The van der Waals surface area contributed by atoms with Gasteiger partial charge in [0.25, 0.3) is 7.33 Å². The molecule has 0 aliphatic rings. The zero-order valence-corrected chi connectivity index (χ0v) is 15.4. The third-order valence-electron chi connectivity index (χ3n) is 1.34. The summed E-state index contributed by atoms with van der Waals surface area (Å²) >= 11 is 53.6. The second-order valence-electron chi connectivity index (χ2n) is 2.53. The molecule has 0 aromatic rings. The van der Waals surface area contributed by atoms with E-state index in [2.05, 4.69) is 0 Å². The van der Waals surface area contributed by atoms with Gasteiger partial charge in [0.1, 0.15) is 0 Å². The van der Waals surface area contributed by atoms with E-state index in [9.17, 15) is 8.42 Å². The molecule has 0 unspecified atom stereocenters. The van der Waals surface area contributed by atoms with Gasteiger partial charge in [0, 0.05) is 0 Å². The summed E-state index contributed by atoms with van der Waals surface area (Å²) in [6, 6.07) is 0. The minimum absolute atomic E-state index is 2.68. The number of alkyl halides is 10. The van der Waals surface area contributed by atoms with Crippen molar-refractivity contribution in [2.45, 2.75) is 14.9 Å². The van der Waals surface area contributed by atoms with Gasteiger partial charge in [-0.2, -0.15) is 0 Å². The molecule has 0 amide bonds. The fourth-order valence-electron chi connectivity index (χ4n) is 0.466. The largest absolute Gasteiger partial charge is 0.267 e. The van der Waals surface area contributed by atoms with E-state index in [-0.39, 0.29) is 0 Å². The average Bonchev–Trinajstić information content (AvgIpc) is 1.98. The Morgan fingerprint density at radius 2 is 0.706 bits per heavy atom. The van der Waals surface area contributed by atoms with E-state index in [1.807, 2.05) is 0 Å². The van der Waals surface area contributed by atoms with Crippen molar-refractivity contribution >= 4 is 126 Å². The molecule has 0 aliphatic heterocycles. The van der Waals surface area contributed by atoms with Crippen molar-refractivity contribution in [2.75, 3.05) is 0 Å². The molecule has 0 saturated heterocycles. The lowest BCUT2D eigenvalue weighted by Gasteiger charge is -2.35. The molecule has 0 aliphatic carbocycles. The van der Waals surface area contributed by atoms with Crippen molar-refractivity contribution in [2.24, 2.45) is 0 Å². The standard InChI is InChI=1S/C4Cl10O2S/c5-1(6,7)3(11,12)17(15,16)4(13,14)2(8,9)10. The van der Waals surface area contributed by atoms with Gasteiger partial charge in [-0.1, -0.05) is 116 Å². The van der Waals surface area contributed by atoms with Crippen LogP contribution < -0.4 is 0 Å². The van der Waals surface area contributed by atoms with Crippen LogP contribution in [0.15, 0.2) is 0 Å². The molecule has 0 radical (unpaired) electrons. The highest BCUT2D eigenvalue weighted by Crippen LogP contribution is 2.59. The predicted octanol–water partition coefficient (Wildman–Crippen LogP) is 5.40. The zero-order chi connectivity index (χ0) is 14.5. The highest BCUT2D eigenvalue weighted by Gasteiger charge is 2.69. The minimum Gasteiger partial charge on any atom is -0.222 e. The van der Waals surface area contributed by atoms with Gasteiger partial charge < -0.3 is 0 Å². The maximum absolute atomic E-state index is 11.9. The van der Waals surface area contributed by atoms with E-state index in [4.69, 9.17) is 116 Å². The Kier molecular flexibility index (Phi) is 6.50. The van der Waals surface area contributed by atoms with Crippen molar-refractivity contribution in [1.29, 1.82) is 0 Å². The Balaban J connectivity index is 5.94. The summed E-state index contributed by atoms with van der Waals surface area (Å²) < 4.78 is 12.4. The molecule has 0 atom stereocenters. The molecule has 0 spiro atoms. The minimum atomic E-state index is -4.98. The predicted molar refractivity (Wildman–Crippen MR) is 78.4 cm³/mol. The average molecular weight is 467 g/mol. The molecule has 0 bridgehead atoms. The summed E-state index contributed by atoms with van der Waals surface area (Å²) in [6.07, 6.45) is 0. The summed E-state index contributed by atoms with van der Waals surface area (Å²) in [5.41, 5.74) is 0. The van der Waals surface area contributed by atoms with Crippen LogP contribution in [0.25, 0.3) is 0 Å². The fourth-order valence-corrected chi connectivity index (χ4v) is 5.09. The molecule has 0 rings (SSSR count). The van der Waals surface area contributed by atoms with Crippen molar-refractivity contribution in [1.82, 2.24) is 0 Å². The van der Waals surface area contributed by atoms with Gasteiger partial charge in [-0.15, -0.1) is 0 Å². The van der Waals surface area contributed by atoms with Gasteiger partial charge in [-0.25, -0.2) is 8.42 Å². The number of hydrogen-bond acceptors (Lipinski definition) is 2. The first-order chi connectivity index (χ1) is 7.00. The summed E-state index contributed by atoms with van der Waals surface area (Å²) in [5.74, 6) is 0. The first kappa shape index (κ1) is 19.9. The zero-order valence-electron chi connectivity index (χ0n) is 7.00.